The number of fused-ring (bicyclic) bond motifs is 1. The Kier molecular flexibility index (Phi) is 15.9. The first kappa shape index (κ1) is 49.2. The van der Waals surface area contributed by atoms with Gasteiger partial charge in [-0.3, -0.25) is 44.0 Å². The Morgan fingerprint density at radius 2 is 1.61 bits per heavy atom. The summed E-state index contributed by atoms with van der Waals surface area (Å²) in [7, 11) is 1.40. The lowest BCUT2D eigenvalue weighted by Crippen LogP contribution is -2.54. The Bertz CT molecular complexity index is 2890. The van der Waals surface area contributed by atoms with Crippen molar-refractivity contribution >= 4 is 52.5 Å². The number of amides is 6. The number of piperazine rings is 1. The number of ether oxygens (including phenoxy) is 4. The molecule has 366 valence electrons. The quantitative estimate of drug-likeness (QED) is 0.0735. The average Bonchev–Trinajstić information content (AvgIpc) is 3.64. The van der Waals surface area contributed by atoms with Crippen molar-refractivity contribution in [3.8, 4) is 34.3 Å². The lowest BCUT2D eigenvalue weighted by molar-refractivity contribution is -0.136. The summed E-state index contributed by atoms with van der Waals surface area (Å²) in [6, 6.07) is 18.8. The molecule has 20 nitrogen and oxygen atoms in total. The lowest BCUT2D eigenvalue weighted by atomic mass is 10.0. The largest absolute Gasteiger partial charge is 0.496 e. The molecule has 2 aromatic heterocycles. The molecule has 21 heteroatoms. The van der Waals surface area contributed by atoms with Crippen molar-refractivity contribution in [3.63, 3.8) is 0 Å². The minimum atomic E-state index is -1.05. The summed E-state index contributed by atoms with van der Waals surface area (Å²) in [4.78, 5) is 94.8. The molecular formula is C50H49FN10O10. The normalized spacial score (nSPS) is 15.6. The molecule has 6 amide bonds. The van der Waals surface area contributed by atoms with Gasteiger partial charge < -0.3 is 39.4 Å². The third kappa shape index (κ3) is 11.3. The maximum atomic E-state index is 14.9. The summed E-state index contributed by atoms with van der Waals surface area (Å²) in [6.45, 7) is 3.63. The van der Waals surface area contributed by atoms with Crippen LogP contribution < -0.4 is 25.6 Å². The van der Waals surface area contributed by atoms with Crippen LogP contribution >= 0.6 is 0 Å². The zero-order valence-corrected chi connectivity index (χ0v) is 38.7. The van der Waals surface area contributed by atoms with Crippen LogP contribution in [-0.2, 0) is 28.6 Å². The molecule has 3 aromatic carbocycles. The van der Waals surface area contributed by atoms with Gasteiger partial charge in [-0.15, -0.1) is 0 Å². The highest BCUT2D eigenvalue weighted by atomic mass is 19.1. The molecule has 0 bridgehead atoms. The van der Waals surface area contributed by atoms with Crippen molar-refractivity contribution < 1.29 is 52.1 Å². The summed E-state index contributed by atoms with van der Waals surface area (Å²) in [5.74, 6) is -3.33. The number of hydrogen-bond donors (Lipinski definition) is 3. The number of nitriles is 1. The van der Waals surface area contributed by atoms with Gasteiger partial charge in [-0.2, -0.15) is 5.26 Å². The van der Waals surface area contributed by atoms with Crippen molar-refractivity contribution in [2.45, 2.75) is 25.3 Å². The molecule has 2 saturated heterocycles. The Labute approximate surface area is 407 Å². The number of aromatic nitrogens is 3. The van der Waals surface area contributed by atoms with Gasteiger partial charge in [0.05, 0.1) is 92.9 Å². The van der Waals surface area contributed by atoms with Gasteiger partial charge in [-0.1, -0.05) is 18.2 Å². The van der Waals surface area contributed by atoms with E-state index in [1.54, 1.807) is 53.7 Å². The van der Waals surface area contributed by atoms with Crippen LogP contribution in [0.25, 0.3) is 22.5 Å². The molecule has 0 radical (unpaired) electrons. The molecule has 3 N–H and O–H groups in total. The number of benzene rings is 3. The fourth-order valence-electron chi connectivity index (χ4n) is 8.45. The predicted octanol–water partition coefficient (Wildman–Crippen LogP) is 4.08. The van der Waals surface area contributed by atoms with E-state index in [-0.39, 0.29) is 92.2 Å². The topological polar surface area (TPSA) is 248 Å². The summed E-state index contributed by atoms with van der Waals surface area (Å²) < 4.78 is 37.2. The van der Waals surface area contributed by atoms with E-state index in [1.807, 2.05) is 6.07 Å². The van der Waals surface area contributed by atoms with E-state index >= 15 is 0 Å². The van der Waals surface area contributed by atoms with Gasteiger partial charge in [0.15, 0.2) is 5.82 Å². The van der Waals surface area contributed by atoms with Gasteiger partial charge in [0, 0.05) is 69.0 Å². The first-order valence-corrected chi connectivity index (χ1v) is 22.9. The molecular weight excluding hydrogens is 920 g/mol. The van der Waals surface area contributed by atoms with E-state index in [9.17, 15) is 38.4 Å². The predicted molar refractivity (Wildman–Crippen MR) is 254 cm³/mol. The summed E-state index contributed by atoms with van der Waals surface area (Å²) in [5, 5.41) is 18.1. The Morgan fingerprint density at radius 1 is 0.845 bits per heavy atom. The summed E-state index contributed by atoms with van der Waals surface area (Å²) >= 11 is 0. The van der Waals surface area contributed by atoms with Crippen LogP contribution in [-0.4, -0.2) is 146 Å². The van der Waals surface area contributed by atoms with Crippen LogP contribution in [0.2, 0.25) is 0 Å². The second kappa shape index (κ2) is 22.9. The second-order valence-corrected chi connectivity index (χ2v) is 16.4. The van der Waals surface area contributed by atoms with E-state index < -0.39 is 41.4 Å². The highest BCUT2D eigenvalue weighted by Crippen LogP contribution is 2.36. The van der Waals surface area contributed by atoms with Crippen LogP contribution in [0.1, 0.15) is 56.0 Å². The number of nitrogens with one attached hydrogen (secondary N) is 3. The van der Waals surface area contributed by atoms with E-state index in [0.29, 0.717) is 73.1 Å². The van der Waals surface area contributed by atoms with Crippen LogP contribution in [0.3, 0.4) is 0 Å². The van der Waals surface area contributed by atoms with Crippen molar-refractivity contribution in [1.82, 2.24) is 30.1 Å². The third-order valence-corrected chi connectivity index (χ3v) is 12.0. The molecule has 8 rings (SSSR count). The van der Waals surface area contributed by atoms with Gasteiger partial charge in [0.2, 0.25) is 17.7 Å². The first-order valence-electron chi connectivity index (χ1n) is 22.9. The van der Waals surface area contributed by atoms with E-state index in [2.05, 4.69) is 41.9 Å². The van der Waals surface area contributed by atoms with Crippen molar-refractivity contribution in [2.75, 3.05) is 95.0 Å². The number of anilines is 3. The molecule has 1 unspecified atom stereocenters. The molecule has 71 heavy (non-hydrogen) atoms. The Morgan fingerprint density at radius 3 is 2.37 bits per heavy atom. The van der Waals surface area contributed by atoms with Gasteiger partial charge in [0.1, 0.15) is 23.3 Å². The van der Waals surface area contributed by atoms with Crippen LogP contribution in [0.15, 0.2) is 85.3 Å². The van der Waals surface area contributed by atoms with E-state index in [1.165, 1.54) is 37.6 Å². The molecule has 0 saturated carbocycles. The number of rotatable bonds is 20. The van der Waals surface area contributed by atoms with Gasteiger partial charge >= 0.3 is 0 Å². The number of carbonyl (C=O) groups is 6. The molecule has 0 aliphatic carbocycles. The lowest BCUT2D eigenvalue weighted by Gasteiger charge is -2.37. The number of piperidine rings is 1. The molecule has 1 atom stereocenters. The number of imide groups is 2. The monoisotopic (exact) mass is 968 g/mol. The van der Waals surface area contributed by atoms with Gasteiger partial charge in [0.25, 0.3) is 17.7 Å². The Hall–Kier alpha value is -8.19. The van der Waals surface area contributed by atoms with E-state index in [4.69, 9.17) is 18.9 Å². The van der Waals surface area contributed by atoms with Crippen molar-refractivity contribution in [3.05, 3.63) is 114 Å². The number of methoxy groups -OCH3 is 1. The second-order valence-electron chi connectivity index (χ2n) is 16.4. The number of nitrogens with zero attached hydrogens (tertiary/aromatic N) is 7. The highest BCUT2D eigenvalue weighted by Gasteiger charge is 2.45. The summed E-state index contributed by atoms with van der Waals surface area (Å²) in [6.07, 6.45) is 4.80. The Balaban J connectivity index is 0.763. The van der Waals surface area contributed by atoms with Crippen molar-refractivity contribution in [2.24, 2.45) is 0 Å². The average molecular weight is 969 g/mol. The fourth-order valence-corrected chi connectivity index (χ4v) is 8.45. The first-order chi connectivity index (χ1) is 34.6. The number of halogens is 1. The number of carbonyl (C=O) groups excluding carboxylic acids is 6. The smallest absolute Gasteiger partial charge is 0.274 e. The van der Waals surface area contributed by atoms with Crippen LogP contribution in [0, 0.1) is 17.1 Å². The zero-order valence-electron chi connectivity index (χ0n) is 38.7. The number of pyridine rings is 1. The zero-order chi connectivity index (χ0) is 49.9. The molecule has 0 spiro atoms. The molecule has 3 aliphatic heterocycles. The standard InChI is InChI=1S/C50H49FN10O10/c1-68-41-7-3-5-35(51)45(41)46-55-16-13-38(56-46)47(64)57-36-9-8-31(34-30-53-15-12-32(34)29-52)28-40(36)59-18-20-60(21-19-59)43(63)14-22-69-24-26-71-27-25-70-23-17-54-37-6-2-4-33-44(37)50(67)61(49(33)66)39-10-11-42(62)58-48(39)65/h2-9,12-13,15-16,28,30,39,54H,10-11,14,17-27H2,1H3,(H,57,64)(H,58,62,65). The summed E-state index contributed by atoms with van der Waals surface area (Å²) in [5.41, 5.74) is 3.66. The maximum Gasteiger partial charge on any atom is 0.274 e. The van der Waals surface area contributed by atoms with E-state index in [0.717, 1.165) is 4.90 Å². The van der Waals surface area contributed by atoms with Crippen LogP contribution in [0.4, 0.5) is 21.5 Å². The maximum absolute atomic E-state index is 14.9. The molecule has 5 heterocycles. The molecule has 5 aromatic rings. The third-order valence-electron chi connectivity index (χ3n) is 12.0. The van der Waals surface area contributed by atoms with Crippen molar-refractivity contribution in [1.29, 1.82) is 5.26 Å². The SMILES string of the molecule is COc1cccc(F)c1-c1nccc(C(=O)Nc2ccc(-c3cnccc3C#N)cc2N2CCN(C(=O)CCOCCOCCOCCNc3cccc4c3C(=O)N(C3CCC(=O)NC3=O)C4=O)CC2)n1. The van der Waals surface area contributed by atoms with Gasteiger partial charge in [-0.25, -0.2) is 14.4 Å². The van der Waals surface area contributed by atoms with Gasteiger partial charge in [-0.05, 0) is 60.5 Å². The highest BCUT2D eigenvalue weighted by molar-refractivity contribution is 6.25. The number of hydrogen-bond acceptors (Lipinski definition) is 16. The molecule has 3 aliphatic rings. The fraction of sp³-hybridized carbons (Fsp3) is 0.320. The molecule has 2 fully saturated rings. The minimum Gasteiger partial charge on any atom is -0.496 e. The van der Waals surface area contributed by atoms with Crippen LogP contribution in [0.5, 0.6) is 5.75 Å². The minimum absolute atomic E-state index is 0.00762.